The van der Waals surface area contributed by atoms with E-state index in [2.05, 4.69) is 36.2 Å². The Kier molecular flexibility index (Phi) is 4.38. The molecule has 4 nitrogen and oxygen atoms in total. The second-order valence-corrected chi connectivity index (χ2v) is 5.70. The van der Waals surface area contributed by atoms with Crippen LogP contribution in [0, 0.1) is 5.92 Å². The molecule has 2 rings (SSSR count). The summed E-state index contributed by atoms with van der Waals surface area (Å²) in [6, 6.07) is 0.366. The molecule has 1 aromatic rings. The molecule has 0 spiro atoms. The number of likely N-dealkylation sites (N-methyl/N-ethyl adjacent to an activating group) is 1. The quantitative estimate of drug-likeness (QED) is 0.873. The van der Waals surface area contributed by atoms with E-state index in [1.807, 2.05) is 7.05 Å². The van der Waals surface area contributed by atoms with Gasteiger partial charge in [-0.15, -0.1) is 0 Å². The Labute approximate surface area is 110 Å². The van der Waals surface area contributed by atoms with Gasteiger partial charge in [-0.05, 0) is 45.6 Å². The van der Waals surface area contributed by atoms with Crippen LogP contribution in [-0.2, 0) is 0 Å². The molecule has 0 bridgehead atoms. The van der Waals surface area contributed by atoms with Gasteiger partial charge in [-0.2, -0.15) is 4.98 Å². The van der Waals surface area contributed by atoms with Crippen molar-refractivity contribution in [2.24, 2.45) is 5.92 Å². The molecular formula is C14H25N3O. The van der Waals surface area contributed by atoms with Crippen molar-refractivity contribution in [3.05, 3.63) is 11.7 Å². The molecule has 1 aliphatic carbocycles. The zero-order chi connectivity index (χ0) is 13.1. The Morgan fingerprint density at radius 1 is 1.44 bits per heavy atom. The highest BCUT2D eigenvalue weighted by Crippen LogP contribution is 2.37. The summed E-state index contributed by atoms with van der Waals surface area (Å²) in [5.74, 6) is 3.36. The number of hydrogen-bond donors (Lipinski definition) is 1. The van der Waals surface area contributed by atoms with Crippen molar-refractivity contribution < 1.29 is 4.52 Å². The van der Waals surface area contributed by atoms with E-state index in [1.165, 1.54) is 19.3 Å². The van der Waals surface area contributed by atoms with Crippen LogP contribution in [0.3, 0.4) is 0 Å². The molecule has 1 saturated carbocycles. The van der Waals surface area contributed by atoms with E-state index in [-0.39, 0.29) is 0 Å². The van der Waals surface area contributed by atoms with E-state index in [9.17, 15) is 0 Å². The predicted molar refractivity (Wildman–Crippen MR) is 71.6 cm³/mol. The summed E-state index contributed by atoms with van der Waals surface area (Å²) < 4.78 is 5.49. The van der Waals surface area contributed by atoms with Gasteiger partial charge >= 0.3 is 0 Å². The summed E-state index contributed by atoms with van der Waals surface area (Å²) in [5.41, 5.74) is 0. The third-order valence-corrected chi connectivity index (χ3v) is 4.33. The van der Waals surface area contributed by atoms with Crippen LogP contribution in [-0.4, -0.2) is 23.2 Å². The lowest BCUT2D eigenvalue weighted by atomic mass is 9.98. The first kappa shape index (κ1) is 13.5. The van der Waals surface area contributed by atoms with Gasteiger partial charge in [-0.25, -0.2) is 0 Å². The molecule has 4 unspecified atom stereocenters. The van der Waals surface area contributed by atoms with Gasteiger partial charge in [-0.3, -0.25) is 0 Å². The van der Waals surface area contributed by atoms with Gasteiger partial charge in [0.15, 0.2) is 5.82 Å². The van der Waals surface area contributed by atoms with Crippen molar-refractivity contribution in [2.45, 2.75) is 64.3 Å². The molecule has 0 aromatic carbocycles. The molecule has 0 saturated heterocycles. The molecule has 18 heavy (non-hydrogen) atoms. The number of nitrogens with one attached hydrogen (secondary N) is 1. The van der Waals surface area contributed by atoms with Gasteiger partial charge in [0.25, 0.3) is 0 Å². The van der Waals surface area contributed by atoms with Crippen molar-refractivity contribution in [1.82, 2.24) is 15.5 Å². The lowest BCUT2D eigenvalue weighted by Gasteiger charge is -2.17. The average Bonchev–Trinajstić information content (AvgIpc) is 2.98. The normalized spacial score (nSPS) is 27.3. The fraction of sp³-hybridized carbons (Fsp3) is 0.857. The first-order valence-electron chi connectivity index (χ1n) is 7.16. The fourth-order valence-electron chi connectivity index (χ4n) is 2.95. The van der Waals surface area contributed by atoms with Crippen molar-refractivity contribution in [3.8, 4) is 0 Å². The number of hydrogen-bond acceptors (Lipinski definition) is 4. The van der Waals surface area contributed by atoms with Crippen molar-refractivity contribution in [3.63, 3.8) is 0 Å². The van der Waals surface area contributed by atoms with Crippen molar-refractivity contribution in [1.29, 1.82) is 0 Å². The van der Waals surface area contributed by atoms with Crippen LogP contribution in [0.2, 0.25) is 0 Å². The number of aromatic nitrogens is 2. The molecule has 1 aromatic heterocycles. The minimum Gasteiger partial charge on any atom is -0.339 e. The standard InChI is InChI=1S/C14H25N3O/c1-5-12(10(3)15-4)14-16-13(17-18-14)11-7-6-9(2)8-11/h9-12,15H,5-8H2,1-4H3. The Balaban J connectivity index is 2.09. The lowest BCUT2D eigenvalue weighted by molar-refractivity contribution is 0.318. The molecule has 0 radical (unpaired) electrons. The number of rotatable bonds is 5. The molecule has 0 aliphatic heterocycles. The van der Waals surface area contributed by atoms with Crippen LogP contribution in [0.25, 0.3) is 0 Å². The van der Waals surface area contributed by atoms with Crippen LogP contribution < -0.4 is 5.32 Å². The smallest absolute Gasteiger partial charge is 0.231 e. The molecule has 4 atom stereocenters. The van der Waals surface area contributed by atoms with Crippen LogP contribution in [0.5, 0.6) is 0 Å². The molecule has 1 N–H and O–H groups in total. The summed E-state index contributed by atoms with van der Waals surface area (Å²) in [4.78, 5) is 4.65. The van der Waals surface area contributed by atoms with Crippen LogP contribution in [0.4, 0.5) is 0 Å². The van der Waals surface area contributed by atoms with Crippen molar-refractivity contribution in [2.75, 3.05) is 7.05 Å². The zero-order valence-electron chi connectivity index (χ0n) is 11.9. The van der Waals surface area contributed by atoms with E-state index in [0.29, 0.717) is 17.9 Å². The molecule has 0 amide bonds. The van der Waals surface area contributed by atoms with Gasteiger partial charge in [0.05, 0.1) is 5.92 Å². The maximum absolute atomic E-state index is 5.49. The lowest BCUT2D eigenvalue weighted by Crippen LogP contribution is -2.28. The van der Waals surface area contributed by atoms with Crippen LogP contribution in [0.1, 0.15) is 70.0 Å². The Hall–Kier alpha value is -0.900. The monoisotopic (exact) mass is 251 g/mol. The second kappa shape index (κ2) is 5.83. The first-order chi connectivity index (χ1) is 8.65. The van der Waals surface area contributed by atoms with Gasteiger partial charge < -0.3 is 9.84 Å². The average molecular weight is 251 g/mol. The molecule has 102 valence electrons. The van der Waals surface area contributed by atoms with E-state index < -0.39 is 0 Å². The van der Waals surface area contributed by atoms with Gasteiger partial charge in [0.2, 0.25) is 5.89 Å². The van der Waals surface area contributed by atoms with Crippen LogP contribution >= 0.6 is 0 Å². The van der Waals surface area contributed by atoms with E-state index in [4.69, 9.17) is 4.52 Å². The summed E-state index contributed by atoms with van der Waals surface area (Å²) in [6.45, 7) is 6.63. The first-order valence-corrected chi connectivity index (χ1v) is 7.16. The SMILES string of the molecule is CCC(c1nc(C2CCC(C)C2)no1)C(C)NC. The minimum absolute atomic E-state index is 0.315. The highest BCUT2D eigenvalue weighted by atomic mass is 16.5. The highest BCUT2D eigenvalue weighted by molar-refractivity contribution is 5.03. The topological polar surface area (TPSA) is 51.0 Å². The molecule has 1 fully saturated rings. The summed E-state index contributed by atoms with van der Waals surface area (Å²) in [6.07, 6.45) is 4.72. The van der Waals surface area contributed by atoms with E-state index in [1.54, 1.807) is 0 Å². The predicted octanol–water partition coefficient (Wildman–Crippen LogP) is 3.07. The summed E-state index contributed by atoms with van der Waals surface area (Å²) in [7, 11) is 1.98. The van der Waals surface area contributed by atoms with Crippen molar-refractivity contribution >= 4 is 0 Å². The van der Waals surface area contributed by atoms with Crippen LogP contribution in [0.15, 0.2) is 4.52 Å². The second-order valence-electron chi connectivity index (χ2n) is 5.70. The summed E-state index contributed by atoms with van der Waals surface area (Å²) >= 11 is 0. The molecule has 1 heterocycles. The maximum atomic E-state index is 5.49. The third-order valence-electron chi connectivity index (χ3n) is 4.33. The summed E-state index contributed by atoms with van der Waals surface area (Å²) in [5, 5.41) is 7.48. The molecule has 1 aliphatic rings. The zero-order valence-corrected chi connectivity index (χ0v) is 11.9. The largest absolute Gasteiger partial charge is 0.339 e. The van der Waals surface area contributed by atoms with E-state index >= 15 is 0 Å². The molecule has 4 heteroatoms. The van der Waals surface area contributed by atoms with Gasteiger partial charge in [0, 0.05) is 12.0 Å². The van der Waals surface area contributed by atoms with E-state index in [0.717, 1.165) is 24.1 Å². The maximum Gasteiger partial charge on any atom is 0.231 e. The minimum atomic E-state index is 0.315. The van der Waals surface area contributed by atoms with Gasteiger partial charge in [-0.1, -0.05) is 19.0 Å². The Morgan fingerprint density at radius 3 is 2.78 bits per heavy atom. The third kappa shape index (κ3) is 2.74. The fourth-order valence-corrected chi connectivity index (χ4v) is 2.95. The number of nitrogens with zero attached hydrogens (tertiary/aromatic N) is 2. The molecular weight excluding hydrogens is 226 g/mol. The Morgan fingerprint density at radius 2 is 2.22 bits per heavy atom. The highest BCUT2D eigenvalue weighted by Gasteiger charge is 2.29. The van der Waals surface area contributed by atoms with Gasteiger partial charge in [0.1, 0.15) is 0 Å². The Bertz CT molecular complexity index is 377.